The van der Waals surface area contributed by atoms with E-state index >= 15 is 0 Å². The molecule has 2 aromatic rings. The molecule has 6 heteroatoms. The molecule has 0 aliphatic rings. The van der Waals surface area contributed by atoms with Gasteiger partial charge >= 0.3 is 0 Å². The molecule has 0 aliphatic carbocycles. The molecule has 1 N–H and O–H groups in total. The van der Waals surface area contributed by atoms with Crippen molar-refractivity contribution in [2.24, 2.45) is 0 Å². The zero-order valence-electron chi connectivity index (χ0n) is 7.64. The van der Waals surface area contributed by atoms with E-state index in [0.717, 1.165) is 6.54 Å². The van der Waals surface area contributed by atoms with Crippen molar-refractivity contribution >= 4 is 24.0 Å². The minimum Gasteiger partial charge on any atom is -0.317 e. The van der Waals surface area contributed by atoms with Gasteiger partial charge in [0.15, 0.2) is 0 Å². The van der Waals surface area contributed by atoms with Gasteiger partial charge in [-0.3, -0.25) is 0 Å². The van der Waals surface area contributed by atoms with Gasteiger partial charge < -0.3 is 5.43 Å². The molecular formula is C8H10N4S2. The van der Waals surface area contributed by atoms with Crippen molar-refractivity contribution < 1.29 is 0 Å². The summed E-state index contributed by atoms with van der Waals surface area (Å²) in [5, 5.41) is 10.1. The third-order valence-electron chi connectivity index (χ3n) is 1.91. The van der Waals surface area contributed by atoms with E-state index in [1.807, 2.05) is 0 Å². The second-order valence-corrected chi connectivity index (χ2v) is 4.26. The maximum atomic E-state index is 4.14. The summed E-state index contributed by atoms with van der Waals surface area (Å²) in [4.78, 5) is 1.31. The number of hydrogen-bond donors (Lipinski definition) is 2. The molecule has 0 bridgehead atoms. The highest BCUT2D eigenvalue weighted by Gasteiger charge is 2.01. The first kappa shape index (κ1) is 9.54. The van der Waals surface area contributed by atoms with E-state index in [0.29, 0.717) is 5.16 Å². The van der Waals surface area contributed by atoms with E-state index in [1.165, 1.54) is 10.4 Å². The molecule has 0 spiro atoms. The summed E-state index contributed by atoms with van der Waals surface area (Å²) in [7, 11) is 0. The molecular weight excluding hydrogens is 216 g/mol. The Morgan fingerprint density at radius 1 is 1.64 bits per heavy atom. The lowest BCUT2D eigenvalue weighted by atomic mass is 10.3. The van der Waals surface area contributed by atoms with Gasteiger partial charge in [-0.2, -0.15) is 0 Å². The first-order valence-electron chi connectivity index (χ1n) is 4.13. The van der Waals surface area contributed by atoms with Gasteiger partial charge in [0, 0.05) is 4.88 Å². The van der Waals surface area contributed by atoms with Crippen LogP contribution in [0, 0.1) is 6.92 Å². The SMILES string of the molecule is Cc1ccsc1CNn1cnnc1S. The molecule has 4 nitrogen and oxygen atoms in total. The fraction of sp³-hybridized carbons (Fsp3) is 0.250. The molecule has 0 fully saturated rings. The Kier molecular flexibility index (Phi) is 2.74. The van der Waals surface area contributed by atoms with Crippen molar-refractivity contribution in [2.75, 3.05) is 5.43 Å². The van der Waals surface area contributed by atoms with Crippen LogP contribution >= 0.6 is 24.0 Å². The lowest BCUT2D eigenvalue weighted by Crippen LogP contribution is -2.13. The molecule has 0 unspecified atom stereocenters. The molecule has 0 saturated heterocycles. The van der Waals surface area contributed by atoms with Crippen LogP contribution in [-0.2, 0) is 6.54 Å². The molecule has 0 atom stereocenters. The maximum absolute atomic E-state index is 4.14. The van der Waals surface area contributed by atoms with Gasteiger partial charge in [-0.1, -0.05) is 0 Å². The number of rotatable bonds is 3. The van der Waals surface area contributed by atoms with Crippen LogP contribution in [0.2, 0.25) is 0 Å². The highest BCUT2D eigenvalue weighted by Crippen LogP contribution is 2.15. The quantitative estimate of drug-likeness (QED) is 0.783. The van der Waals surface area contributed by atoms with E-state index in [1.54, 1.807) is 22.3 Å². The predicted octanol–water partition coefficient (Wildman–Crippen LogP) is 1.68. The number of nitrogens with zero attached hydrogens (tertiary/aromatic N) is 3. The van der Waals surface area contributed by atoms with Gasteiger partial charge in [0.25, 0.3) is 0 Å². The summed E-state index contributed by atoms with van der Waals surface area (Å²) in [6.07, 6.45) is 1.60. The number of aromatic nitrogens is 3. The average molecular weight is 226 g/mol. The summed E-state index contributed by atoms with van der Waals surface area (Å²) < 4.78 is 1.70. The normalized spacial score (nSPS) is 10.4. The molecule has 14 heavy (non-hydrogen) atoms. The highest BCUT2D eigenvalue weighted by atomic mass is 32.1. The molecule has 2 heterocycles. The van der Waals surface area contributed by atoms with Crippen LogP contribution in [0.5, 0.6) is 0 Å². The summed E-state index contributed by atoms with van der Waals surface area (Å²) in [6.45, 7) is 2.87. The van der Waals surface area contributed by atoms with Gasteiger partial charge in [0.2, 0.25) is 5.16 Å². The largest absolute Gasteiger partial charge is 0.317 e. The first-order valence-corrected chi connectivity index (χ1v) is 5.46. The van der Waals surface area contributed by atoms with Crippen molar-refractivity contribution in [1.29, 1.82) is 0 Å². The topological polar surface area (TPSA) is 42.7 Å². The number of aryl methyl sites for hydroxylation is 1. The van der Waals surface area contributed by atoms with Crippen molar-refractivity contribution in [3.63, 3.8) is 0 Å². The number of thiol groups is 1. The number of hydrogen-bond acceptors (Lipinski definition) is 5. The van der Waals surface area contributed by atoms with Crippen LogP contribution in [0.4, 0.5) is 0 Å². The molecule has 0 saturated carbocycles. The molecule has 0 aliphatic heterocycles. The van der Waals surface area contributed by atoms with Crippen LogP contribution < -0.4 is 5.43 Å². The Bertz CT molecular complexity index is 380. The maximum Gasteiger partial charge on any atom is 0.206 e. The van der Waals surface area contributed by atoms with E-state index < -0.39 is 0 Å². The first-order chi connectivity index (χ1) is 6.77. The van der Waals surface area contributed by atoms with E-state index in [-0.39, 0.29) is 0 Å². The van der Waals surface area contributed by atoms with Gasteiger partial charge in [-0.25, -0.2) is 4.68 Å². The van der Waals surface area contributed by atoms with Crippen LogP contribution in [0.25, 0.3) is 0 Å². The second-order valence-electron chi connectivity index (χ2n) is 2.86. The van der Waals surface area contributed by atoms with Crippen molar-refractivity contribution in [1.82, 2.24) is 14.9 Å². The Morgan fingerprint density at radius 3 is 3.07 bits per heavy atom. The van der Waals surface area contributed by atoms with E-state index in [4.69, 9.17) is 0 Å². The molecule has 2 aromatic heterocycles. The minimum atomic E-state index is 0.569. The second kappa shape index (κ2) is 4.02. The molecule has 0 aromatic carbocycles. The summed E-state index contributed by atoms with van der Waals surface area (Å²) in [6, 6.07) is 2.11. The Hall–Kier alpha value is -1.01. The van der Waals surface area contributed by atoms with Gasteiger partial charge in [0.1, 0.15) is 6.33 Å². The monoisotopic (exact) mass is 226 g/mol. The third kappa shape index (κ3) is 1.91. The molecule has 2 rings (SSSR count). The Labute approximate surface area is 91.4 Å². The van der Waals surface area contributed by atoms with E-state index in [2.05, 4.69) is 46.6 Å². The number of nitrogens with one attached hydrogen (secondary N) is 1. The summed E-state index contributed by atoms with van der Waals surface area (Å²) >= 11 is 5.87. The van der Waals surface area contributed by atoms with Crippen LogP contribution in [0.3, 0.4) is 0 Å². The highest BCUT2D eigenvalue weighted by molar-refractivity contribution is 7.80. The molecule has 0 amide bonds. The third-order valence-corrected chi connectivity index (χ3v) is 3.24. The molecule has 0 radical (unpaired) electrons. The summed E-state index contributed by atoms with van der Waals surface area (Å²) in [5.74, 6) is 0. The van der Waals surface area contributed by atoms with Crippen LogP contribution in [0.1, 0.15) is 10.4 Å². The van der Waals surface area contributed by atoms with Gasteiger partial charge in [0.05, 0.1) is 6.54 Å². The van der Waals surface area contributed by atoms with Crippen LogP contribution in [0.15, 0.2) is 22.9 Å². The van der Waals surface area contributed by atoms with E-state index in [9.17, 15) is 0 Å². The Balaban J connectivity index is 2.02. The van der Waals surface area contributed by atoms with Crippen molar-refractivity contribution in [3.8, 4) is 0 Å². The lowest BCUT2D eigenvalue weighted by Gasteiger charge is -2.06. The predicted molar refractivity (Wildman–Crippen MR) is 59.4 cm³/mol. The average Bonchev–Trinajstić information content (AvgIpc) is 2.72. The zero-order valence-corrected chi connectivity index (χ0v) is 9.35. The van der Waals surface area contributed by atoms with Gasteiger partial charge in [-0.15, -0.1) is 34.2 Å². The smallest absolute Gasteiger partial charge is 0.206 e. The Morgan fingerprint density at radius 2 is 2.50 bits per heavy atom. The van der Waals surface area contributed by atoms with Crippen molar-refractivity contribution in [2.45, 2.75) is 18.6 Å². The zero-order chi connectivity index (χ0) is 9.97. The lowest BCUT2D eigenvalue weighted by molar-refractivity contribution is 0.757. The summed E-state index contributed by atoms with van der Waals surface area (Å²) in [5.41, 5.74) is 4.46. The minimum absolute atomic E-state index is 0.569. The fourth-order valence-electron chi connectivity index (χ4n) is 1.08. The number of thiophene rings is 1. The standard InChI is InChI=1S/C8H10N4S2/c1-6-2-3-14-7(6)4-10-12-5-9-11-8(12)13/h2-3,5,10H,4H2,1H3,(H,11,13). The fourth-order valence-corrected chi connectivity index (χ4v) is 2.09. The molecule has 74 valence electrons. The van der Waals surface area contributed by atoms with Gasteiger partial charge in [-0.05, 0) is 23.9 Å². The van der Waals surface area contributed by atoms with Crippen LogP contribution in [-0.4, -0.2) is 14.9 Å². The van der Waals surface area contributed by atoms with Crippen molar-refractivity contribution in [3.05, 3.63) is 28.2 Å².